The van der Waals surface area contributed by atoms with Gasteiger partial charge in [-0.25, -0.2) is 0 Å². The molecule has 1 aliphatic heterocycles. The second-order valence-corrected chi connectivity index (χ2v) is 8.12. The molecule has 1 spiro atoms. The molecule has 5 nitrogen and oxygen atoms in total. The lowest BCUT2D eigenvalue weighted by Gasteiger charge is -2.26. The van der Waals surface area contributed by atoms with Crippen LogP contribution in [0, 0.1) is 5.41 Å². The fourth-order valence-electron chi connectivity index (χ4n) is 4.44. The van der Waals surface area contributed by atoms with Crippen LogP contribution in [0.4, 0.5) is 11.5 Å². The third-order valence-electron chi connectivity index (χ3n) is 6.17. The summed E-state index contributed by atoms with van der Waals surface area (Å²) in [6, 6.07) is 5.70. The summed E-state index contributed by atoms with van der Waals surface area (Å²) in [5, 5.41) is 8.56. The number of aryl methyl sites for hydroxylation is 1. The summed E-state index contributed by atoms with van der Waals surface area (Å²) in [5.41, 5.74) is 10.7. The second-order valence-electron chi connectivity index (χ2n) is 7.71. The standard InChI is InChI=1S/C19H21ClN4O/c20-14-3-1-2-11-12(5-9-22-16(11)14)18(25)24-17(21)13-10-19(7-8-19)6-4-15(13)23-24/h1-3,12,22H,4-10,21H2. The van der Waals surface area contributed by atoms with E-state index in [2.05, 4.69) is 10.4 Å². The van der Waals surface area contributed by atoms with Crippen LogP contribution in [-0.2, 0) is 12.8 Å². The second kappa shape index (κ2) is 5.24. The van der Waals surface area contributed by atoms with Crippen molar-refractivity contribution in [2.45, 2.75) is 44.4 Å². The molecule has 2 aromatic rings. The Hall–Kier alpha value is -2.01. The van der Waals surface area contributed by atoms with Crippen molar-refractivity contribution in [3.63, 3.8) is 0 Å². The van der Waals surface area contributed by atoms with Gasteiger partial charge in [0.15, 0.2) is 0 Å². The first-order valence-corrected chi connectivity index (χ1v) is 9.39. The highest BCUT2D eigenvalue weighted by Crippen LogP contribution is 2.55. The maximum absolute atomic E-state index is 13.2. The summed E-state index contributed by atoms with van der Waals surface area (Å²) in [6.07, 6.45) is 6.39. The number of benzene rings is 1. The molecule has 5 rings (SSSR count). The van der Waals surface area contributed by atoms with E-state index in [0.717, 1.165) is 48.3 Å². The monoisotopic (exact) mass is 356 g/mol. The number of halogens is 1. The van der Waals surface area contributed by atoms with Gasteiger partial charge in [0.2, 0.25) is 0 Å². The Morgan fingerprint density at radius 2 is 2.20 bits per heavy atom. The van der Waals surface area contributed by atoms with Crippen molar-refractivity contribution in [2.24, 2.45) is 5.41 Å². The molecule has 25 heavy (non-hydrogen) atoms. The topological polar surface area (TPSA) is 72.9 Å². The van der Waals surface area contributed by atoms with Crippen molar-refractivity contribution in [2.75, 3.05) is 17.6 Å². The molecular weight excluding hydrogens is 336 g/mol. The lowest BCUT2D eigenvalue weighted by molar-refractivity contribution is 0.0859. The minimum absolute atomic E-state index is 0.0400. The molecule has 1 aromatic carbocycles. The number of aromatic nitrogens is 2. The minimum atomic E-state index is -0.256. The average molecular weight is 357 g/mol. The highest BCUT2D eigenvalue weighted by atomic mass is 35.5. The third-order valence-corrected chi connectivity index (χ3v) is 6.49. The maximum atomic E-state index is 13.2. The van der Waals surface area contributed by atoms with Crippen LogP contribution in [-0.4, -0.2) is 22.2 Å². The first-order chi connectivity index (χ1) is 12.1. The zero-order valence-electron chi connectivity index (χ0n) is 14.0. The van der Waals surface area contributed by atoms with Crippen molar-refractivity contribution in [3.8, 4) is 0 Å². The molecule has 1 atom stereocenters. The van der Waals surface area contributed by atoms with E-state index in [4.69, 9.17) is 17.3 Å². The molecule has 0 bridgehead atoms. The van der Waals surface area contributed by atoms with Crippen molar-refractivity contribution in [1.82, 2.24) is 9.78 Å². The molecule has 1 unspecified atom stereocenters. The SMILES string of the molecule is Nc1c2c(nn1C(=O)C1CCNc3c(Cl)cccc31)CCC1(CC1)C2. The molecule has 2 heterocycles. The van der Waals surface area contributed by atoms with Gasteiger partial charge >= 0.3 is 0 Å². The first-order valence-electron chi connectivity index (χ1n) is 9.01. The number of nitrogens with two attached hydrogens (primary N) is 1. The minimum Gasteiger partial charge on any atom is -0.384 e. The Morgan fingerprint density at radius 3 is 3.00 bits per heavy atom. The number of nitrogens with zero attached hydrogens (tertiary/aromatic N) is 2. The number of rotatable bonds is 1. The predicted octanol–water partition coefficient (Wildman–Crippen LogP) is 3.63. The molecular formula is C19H21ClN4O. The summed E-state index contributed by atoms with van der Waals surface area (Å²) in [7, 11) is 0. The molecule has 0 radical (unpaired) electrons. The summed E-state index contributed by atoms with van der Waals surface area (Å²) < 4.78 is 1.47. The summed E-state index contributed by atoms with van der Waals surface area (Å²) in [4.78, 5) is 13.2. The van der Waals surface area contributed by atoms with Crippen LogP contribution in [0.15, 0.2) is 18.2 Å². The van der Waals surface area contributed by atoms with Crippen molar-refractivity contribution >= 4 is 29.0 Å². The van der Waals surface area contributed by atoms with Gasteiger partial charge in [0.25, 0.3) is 5.91 Å². The summed E-state index contributed by atoms with van der Waals surface area (Å²) in [5.74, 6) is 0.253. The fraction of sp³-hybridized carbons (Fsp3) is 0.474. The van der Waals surface area contributed by atoms with Gasteiger partial charge in [0.05, 0.1) is 22.3 Å². The van der Waals surface area contributed by atoms with Gasteiger partial charge in [0, 0.05) is 12.1 Å². The van der Waals surface area contributed by atoms with Crippen LogP contribution < -0.4 is 11.1 Å². The molecule has 1 saturated carbocycles. The van der Waals surface area contributed by atoms with E-state index in [1.54, 1.807) is 0 Å². The largest absolute Gasteiger partial charge is 0.384 e. The van der Waals surface area contributed by atoms with Gasteiger partial charge in [-0.3, -0.25) is 4.79 Å². The molecule has 130 valence electrons. The molecule has 3 aliphatic rings. The molecule has 6 heteroatoms. The van der Waals surface area contributed by atoms with Gasteiger partial charge in [-0.1, -0.05) is 23.7 Å². The van der Waals surface area contributed by atoms with Gasteiger partial charge in [-0.15, -0.1) is 0 Å². The lowest BCUT2D eigenvalue weighted by Crippen LogP contribution is -2.28. The molecule has 1 aromatic heterocycles. The van der Waals surface area contributed by atoms with Gasteiger partial charge < -0.3 is 11.1 Å². The Balaban J connectivity index is 1.52. The van der Waals surface area contributed by atoms with Crippen LogP contribution >= 0.6 is 11.6 Å². The van der Waals surface area contributed by atoms with Gasteiger partial charge in [-0.05, 0) is 55.6 Å². The number of fused-ring (bicyclic) bond motifs is 2. The van der Waals surface area contributed by atoms with E-state index in [-0.39, 0.29) is 11.8 Å². The number of hydrogen-bond acceptors (Lipinski definition) is 4. The highest BCUT2D eigenvalue weighted by molar-refractivity contribution is 6.33. The predicted molar refractivity (Wildman–Crippen MR) is 98.3 cm³/mol. The lowest BCUT2D eigenvalue weighted by atomic mass is 9.85. The molecule has 0 saturated heterocycles. The zero-order valence-corrected chi connectivity index (χ0v) is 14.8. The Morgan fingerprint density at radius 1 is 1.36 bits per heavy atom. The van der Waals surface area contributed by atoms with Crippen LogP contribution in [0.1, 0.15) is 53.2 Å². The smallest absolute Gasteiger partial charge is 0.256 e. The summed E-state index contributed by atoms with van der Waals surface area (Å²) >= 11 is 6.29. The van der Waals surface area contributed by atoms with Crippen LogP contribution in [0.3, 0.4) is 0 Å². The third kappa shape index (κ3) is 2.29. The quantitative estimate of drug-likeness (QED) is 0.818. The molecule has 2 aliphatic carbocycles. The summed E-state index contributed by atoms with van der Waals surface area (Å²) in [6.45, 7) is 0.719. The number of nitrogen functional groups attached to an aromatic ring is 1. The Bertz CT molecular complexity index is 884. The Kier molecular flexibility index (Phi) is 3.20. The van der Waals surface area contributed by atoms with Crippen molar-refractivity contribution in [1.29, 1.82) is 0 Å². The van der Waals surface area contributed by atoms with Crippen LogP contribution in [0.2, 0.25) is 5.02 Å². The average Bonchev–Trinajstić information content (AvgIpc) is 3.30. The van der Waals surface area contributed by atoms with Gasteiger partial charge in [0.1, 0.15) is 5.82 Å². The van der Waals surface area contributed by atoms with E-state index in [0.29, 0.717) is 16.3 Å². The first kappa shape index (κ1) is 15.3. The van der Waals surface area contributed by atoms with Crippen molar-refractivity contribution < 1.29 is 4.79 Å². The molecule has 3 N–H and O–H groups in total. The van der Waals surface area contributed by atoms with E-state index in [1.165, 1.54) is 23.9 Å². The zero-order chi connectivity index (χ0) is 17.2. The number of para-hydroxylation sites is 1. The normalized spacial score (nSPS) is 22.8. The van der Waals surface area contributed by atoms with E-state index >= 15 is 0 Å². The maximum Gasteiger partial charge on any atom is 0.256 e. The van der Waals surface area contributed by atoms with Crippen molar-refractivity contribution in [3.05, 3.63) is 40.0 Å². The number of anilines is 2. The Labute approximate surface area is 151 Å². The van der Waals surface area contributed by atoms with Gasteiger partial charge in [-0.2, -0.15) is 9.78 Å². The number of hydrogen-bond donors (Lipinski definition) is 2. The highest BCUT2D eigenvalue weighted by Gasteiger charge is 2.46. The number of carbonyl (C=O) groups excluding carboxylic acids is 1. The molecule has 0 amide bonds. The van der Waals surface area contributed by atoms with Crippen LogP contribution in [0.25, 0.3) is 0 Å². The number of carbonyl (C=O) groups is 1. The van der Waals surface area contributed by atoms with Crippen LogP contribution in [0.5, 0.6) is 0 Å². The van der Waals surface area contributed by atoms with E-state index in [9.17, 15) is 4.79 Å². The molecule has 1 fully saturated rings. The fourth-order valence-corrected chi connectivity index (χ4v) is 4.69. The van der Waals surface area contributed by atoms with E-state index in [1.807, 2.05) is 18.2 Å². The number of nitrogens with one attached hydrogen (secondary N) is 1. The van der Waals surface area contributed by atoms with E-state index < -0.39 is 0 Å².